The highest BCUT2D eigenvalue weighted by molar-refractivity contribution is 7.87. The van der Waals surface area contributed by atoms with Crippen LogP contribution in [0.3, 0.4) is 0 Å². The minimum atomic E-state index is -4.12. The molecule has 2 amide bonds. The number of rotatable bonds is 9. The van der Waals surface area contributed by atoms with Crippen molar-refractivity contribution >= 4 is 32.7 Å². The average Bonchev–Trinajstić information content (AvgIpc) is 3.12. The van der Waals surface area contributed by atoms with Crippen LogP contribution in [0.2, 0.25) is 0 Å². The standard InChI is InChI=1S/C27H22N2O7S/c1-18-14-20(34-12-5-13-35-29-26(30)23-7-2-3-8-24(23)27(29)31)16-21(15-18)36-37(32,33)25-9-4-6-19-17-28-11-10-22(19)25/h2-4,6-11,14-17H,5,12-13H2,1H3. The number of imide groups is 1. The number of carbonyl (C=O) groups is 2. The van der Waals surface area contributed by atoms with Gasteiger partial charge in [-0.05, 0) is 48.9 Å². The summed E-state index contributed by atoms with van der Waals surface area (Å²) in [5.74, 6) is -0.465. The van der Waals surface area contributed by atoms with Crippen LogP contribution in [0.5, 0.6) is 11.5 Å². The third-order valence-electron chi connectivity index (χ3n) is 5.67. The van der Waals surface area contributed by atoms with Crippen molar-refractivity contribution in [2.45, 2.75) is 18.2 Å². The topological polar surface area (TPSA) is 112 Å². The maximum Gasteiger partial charge on any atom is 0.339 e. The van der Waals surface area contributed by atoms with E-state index in [0.717, 1.165) is 10.6 Å². The first-order valence-electron chi connectivity index (χ1n) is 11.5. The molecule has 1 aromatic heterocycles. The maximum atomic E-state index is 13.0. The Morgan fingerprint density at radius 3 is 2.35 bits per heavy atom. The second-order valence-electron chi connectivity index (χ2n) is 8.36. The molecule has 0 bridgehead atoms. The van der Waals surface area contributed by atoms with E-state index < -0.39 is 21.9 Å². The van der Waals surface area contributed by atoms with E-state index in [4.69, 9.17) is 13.8 Å². The molecule has 0 aliphatic carbocycles. The predicted molar refractivity (Wildman–Crippen MR) is 134 cm³/mol. The monoisotopic (exact) mass is 518 g/mol. The first-order valence-corrected chi connectivity index (χ1v) is 12.9. The van der Waals surface area contributed by atoms with Crippen molar-refractivity contribution in [3.8, 4) is 11.5 Å². The molecule has 5 rings (SSSR count). The summed E-state index contributed by atoms with van der Waals surface area (Å²) in [4.78, 5) is 34.1. The van der Waals surface area contributed by atoms with E-state index >= 15 is 0 Å². The van der Waals surface area contributed by atoms with Crippen molar-refractivity contribution in [2.24, 2.45) is 0 Å². The fourth-order valence-electron chi connectivity index (χ4n) is 4.02. The minimum absolute atomic E-state index is 0.0432. The molecule has 4 aromatic rings. The molecule has 37 heavy (non-hydrogen) atoms. The van der Waals surface area contributed by atoms with E-state index in [9.17, 15) is 18.0 Å². The molecule has 0 saturated heterocycles. The van der Waals surface area contributed by atoms with Gasteiger partial charge in [-0.1, -0.05) is 24.3 Å². The van der Waals surface area contributed by atoms with Crippen LogP contribution < -0.4 is 8.92 Å². The number of aromatic nitrogens is 1. The molecule has 0 radical (unpaired) electrons. The van der Waals surface area contributed by atoms with Gasteiger partial charge in [-0.3, -0.25) is 19.4 Å². The first kappa shape index (κ1) is 24.4. The van der Waals surface area contributed by atoms with Crippen LogP contribution in [0.15, 0.2) is 84.0 Å². The number of hydrogen-bond acceptors (Lipinski definition) is 8. The van der Waals surface area contributed by atoms with Gasteiger partial charge >= 0.3 is 10.1 Å². The Balaban J connectivity index is 1.20. The quantitative estimate of drug-likeness (QED) is 0.183. The molecule has 0 saturated carbocycles. The van der Waals surface area contributed by atoms with Crippen molar-refractivity contribution in [2.75, 3.05) is 13.2 Å². The number of benzene rings is 3. The molecule has 2 heterocycles. The highest BCUT2D eigenvalue weighted by Gasteiger charge is 2.36. The Bertz CT molecular complexity index is 1580. The molecule has 10 heteroatoms. The fourth-order valence-corrected chi connectivity index (χ4v) is 5.16. The van der Waals surface area contributed by atoms with Gasteiger partial charge in [-0.15, -0.1) is 5.06 Å². The molecule has 0 unspecified atom stereocenters. The zero-order valence-corrected chi connectivity index (χ0v) is 20.6. The van der Waals surface area contributed by atoms with Crippen LogP contribution in [0.4, 0.5) is 0 Å². The zero-order valence-electron chi connectivity index (χ0n) is 19.8. The van der Waals surface area contributed by atoms with Gasteiger partial charge in [0.15, 0.2) is 0 Å². The van der Waals surface area contributed by atoms with Gasteiger partial charge in [0.2, 0.25) is 0 Å². The highest BCUT2D eigenvalue weighted by Crippen LogP contribution is 2.29. The Labute approximate surface area is 213 Å². The lowest BCUT2D eigenvalue weighted by Gasteiger charge is -2.14. The largest absolute Gasteiger partial charge is 0.493 e. The molecule has 0 spiro atoms. The highest BCUT2D eigenvalue weighted by atomic mass is 32.2. The lowest BCUT2D eigenvalue weighted by molar-refractivity contribution is -0.0935. The molecule has 188 valence electrons. The lowest BCUT2D eigenvalue weighted by Crippen LogP contribution is -2.30. The van der Waals surface area contributed by atoms with Gasteiger partial charge in [-0.2, -0.15) is 8.42 Å². The van der Waals surface area contributed by atoms with Crippen LogP contribution >= 0.6 is 0 Å². The molecule has 0 fully saturated rings. The van der Waals surface area contributed by atoms with E-state index in [-0.39, 0.29) is 23.9 Å². The summed E-state index contributed by atoms with van der Waals surface area (Å²) in [6.07, 6.45) is 3.49. The predicted octanol–water partition coefficient (Wildman–Crippen LogP) is 4.31. The van der Waals surface area contributed by atoms with Crippen molar-refractivity contribution in [1.29, 1.82) is 0 Å². The SMILES string of the molecule is Cc1cc(OCCCON2C(=O)c3ccccc3C2=O)cc(OS(=O)(=O)c2cccc3cnccc23)c1. The van der Waals surface area contributed by atoms with Crippen LogP contribution in [0, 0.1) is 6.92 Å². The summed E-state index contributed by atoms with van der Waals surface area (Å²) in [6.45, 7) is 2.07. The molecule has 9 nitrogen and oxygen atoms in total. The maximum absolute atomic E-state index is 13.0. The molecule has 3 aromatic carbocycles. The van der Waals surface area contributed by atoms with Crippen molar-refractivity contribution in [3.63, 3.8) is 0 Å². The summed E-state index contributed by atoms with van der Waals surface area (Å²) >= 11 is 0. The second-order valence-corrected chi connectivity index (χ2v) is 9.87. The van der Waals surface area contributed by atoms with Gasteiger partial charge < -0.3 is 8.92 Å². The number of amides is 2. The van der Waals surface area contributed by atoms with Gasteiger partial charge in [0, 0.05) is 35.7 Å². The smallest absolute Gasteiger partial charge is 0.339 e. The number of hydroxylamine groups is 2. The second kappa shape index (κ2) is 10.00. The zero-order chi connectivity index (χ0) is 26.0. The van der Waals surface area contributed by atoms with Crippen LogP contribution in [-0.2, 0) is 15.0 Å². The molecular formula is C27H22N2O7S. The third kappa shape index (κ3) is 5.02. The molecule has 1 aliphatic heterocycles. The number of carbonyl (C=O) groups excluding carboxylic acids is 2. The van der Waals surface area contributed by atoms with Crippen molar-refractivity contribution in [1.82, 2.24) is 10.0 Å². The lowest BCUT2D eigenvalue weighted by atomic mass is 10.1. The third-order valence-corrected chi connectivity index (χ3v) is 6.98. The summed E-state index contributed by atoms with van der Waals surface area (Å²) in [7, 11) is -4.12. The number of ether oxygens (including phenoxy) is 1. The van der Waals surface area contributed by atoms with Gasteiger partial charge in [-0.25, -0.2) is 0 Å². The van der Waals surface area contributed by atoms with Crippen LogP contribution in [0.25, 0.3) is 10.8 Å². The Morgan fingerprint density at radius 2 is 1.59 bits per heavy atom. The number of pyridine rings is 1. The summed E-state index contributed by atoms with van der Waals surface area (Å²) in [6, 6.07) is 17.9. The van der Waals surface area contributed by atoms with Crippen LogP contribution in [-0.4, -0.2) is 43.5 Å². The van der Waals surface area contributed by atoms with Crippen LogP contribution in [0.1, 0.15) is 32.7 Å². The number of nitrogens with zero attached hydrogens (tertiary/aromatic N) is 2. The Hall–Kier alpha value is -4.28. The normalized spacial score (nSPS) is 13.2. The fraction of sp³-hybridized carbons (Fsp3) is 0.148. The van der Waals surface area contributed by atoms with Crippen molar-refractivity contribution < 1.29 is 31.8 Å². The summed E-state index contributed by atoms with van der Waals surface area (Å²) in [5, 5.41) is 1.96. The molecule has 0 atom stereocenters. The Morgan fingerprint density at radius 1 is 0.865 bits per heavy atom. The van der Waals surface area contributed by atoms with Gasteiger partial charge in [0.1, 0.15) is 16.4 Å². The van der Waals surface area contributed by atoms with Crippen molar-refractivity contribution in [3.05, 3.63) is 95.8 Å². The van der Waals surface area contributed by atoms with Gasteiger partial charge in [0.05, 0.1) is 24.3 Å². The Kier molecular flexibility index (Phi) is 6.60. The van der Waals surface area contributed by atoms with E-state index in [1.165, 1.54) is 18.3 Å². The number of aryl methyl sites for hydroxylation is 1. The number of fused-ring (bicyclic) bond motifs is 2. The van der Waals surface area contributed by atoms with E-state index in [1.807, 2.05) is 0 Å². The minimum Gasteiger partial charge on any atom is -0.493 e. The molecule has 1 aliphatic rings. The van der Waals surface area contributed by atoms with Gasteiger partial charge in [0.25, 0.3) is 11.8 Å². The van der Waals surface area contributed by atoms with E-state index in [0.29, 0.717) is 34.1 Å². The molecular weight excluding hydrogens is 496 g/mol. The van der Waals surface area contributed by atoms with E-state index in [2.05, 4.69) is 4.98 Å². The number of hydrogen-bond donors (Lipinski definition) is 0. The van der Waals surface area contributed by atoms with E-state index in [1.54, 1.807) is 67.7 Å². The average molecular weight is 519 g/mol. The summed E-state index contributed by atoms with van der Waals surface area (Å²) < 4.78 is 37.3. The first-order chi connectivity index (χ1) is 17.8. The molecule has 0 N–H and O–H groups in total. The summed E-state index contributed by atoms with van der Waals surface area (Å²) in [5.41, 5.74) is 1.37.